The number of benzene rings is 1. The summed E-state index contributed by atoms with van der Waals surface area (Å²) in [6, 6.07) is 5.42. The number of amides is 1. The van der Waals surface area contributed by atoms with E-state index in [1.54, 1.807) is 6.07 Å². The molecule has 15 heavy (non-hydrogen) atoms. The summed E-state index contributed by atoms with van der Waals surface area (Å²) in [6.45, 7) is 4.80. The van der Waals surface area contributed by atoms with Gasteiger partial charge in [-0.05, 0) is 24.1 Å². The Balaban J connectivity index is 2.74. The van der Waals surface area contributed by atoms with Crippen molar-refractivity contribution < 1.29 is 4.79 Å². The van der Waals surface area contributed by atoms with Gasteiger partial charge in [0.2, 0.25) is 0 Å². The van der Waals surface area contributed by atoms with Gasteiger partial charge in [0.15, 0.2) is 0 Å². The van der Waals surface area contributed by atoms with Crippen LogP contribution in [0.3, 0.4) is 0 Å². The van der Waals surface area contributed by atoms with Gasteiger partial charge in [0, 0.05) is 15.9 Å². The van der Waals surface area contributed by atoms with Crippen molar-refractivity contribution in [1.29, 1.82) is 0 Å². The third-order valence-electron chi connectivity index (χ3n) is 1.88. The van der Waals surface area contributed by atoms with Crippen LogP contribution >= 0.6 is 28.6 Å². The molecule has 82 valence electrons. The molecule has 1 aromatic rings. The fourth-order valence-electron chi connectivity index (χ4n) is 1.09. The third-order valence-corrected chi connectivity index (χ3v) is 2.74. The summed E-state index contributed by atoms with van der Waals surface area (Å²) in [5.74, 6) is 0.383. The third kappa shape index (κ3) is 3.87. The van der Waals surface area contributed by atoms with E-state index in [4.69, 9.17) is 0 Å². The van der Waals surface area contributed by atoms with Crippen molar-refractivity contribution in [2.75, 3.05) is 6.54 Å². The topological polar surface area (TPSA) is 29.1 Å². The van der Waals surface area contributed by atoms with E-state index >= 15 is 0 Å². The van der Waals surface area contributed by atoms with Gasteiger partial charge >= 0.3 is 0 Å². The Morgan fingerprint density at radius 2 is 2.20 bits per heavy atom. The number of rotatable bonds is 3. The number of nitrogens with one attached hydrogen (secondary N) is 1. The summed E-state index contributed by atoms with van der Waals surface area (Å²) in [7, 11) is 0. The lowest BCUT2D eigenvalue weighted by molar-refractivity contribution is 0.0946. The number of carbonyl (C=O) groups excluding carboxylic acids is 1. The van der Waals surface area contributed by atoms with Crippen LogP contribution in [0.25, 0.3) is 0 Å². The lowest BCUT2D eigenvalue weighted by Crippen LogP contribution is -2.27. The van der Waals surface area contributed by atoms with E-state index in [2.05, 4.69) is 47.7 Å². The SMILES string of the molecule is CC(C)CNC(=O)c1ccc(Br)cc1S. The van der Waals surface area contributed by atoms with E-state index in [-0.39, 0.29) is 5.91 Å². The van der Waals surface area contributed by atoms with Crippen LogP contribution in [0.4, 0.5) is 0 Å². The second-order valence-electron chi connectivity index (χ2n) is 3.77. The number of carbonyl (C=O) groups is 1. The zero-order valence-corrected chi connectivity index (χ0v) is 11.2. The molecule has 0 spiro atoms. The molecule has 2 nitrogen and oxygen atoms in total. The van der Waals surface area contributed by atoms with Crippen LogP contribution in [0.15, 0.2) is 27.6 Å². The van der Waals surface area contributed by atoms with Crippen molar-refractivity contribution in [2.45, 2.75) is 18.7 Å². The number of hydrogen-bond donors (Lipinski definition) is 2. The summed E-state index contributed by atoms with van der Waals surface area (Å²) >= 11 is 7.59. The predicted molar refractivity (Wildman–Crippen MR) is 68.6 cm³/mol. The van der Waals surface area contributed by atoms with E-state index in [1.165, 1.54) is 0 Å². The minimum Gasteiger partial charge on any atom is -0.352 e. The van der Waals surface area contributed by atoms with Crippen molar-refractivity contribution in [2.24, 2.45) is 5.92 Å². The highest BCUT2D eigenvalue weighted by Crippen LogP contribution is 2.19. The first-order valence-corrected chi connectivity index (χ1v) is 6.01. The molecule has 0 heterocycles. The highest BCUT2D eigenvalue weighted by atomic mass is 79.9. The van der Waals surface area contributed by atoms with Crippen LogP contribution in [0.5, 0.6) is 0 Å². The van der Waals surface area contributed by atoms with Crippen LogP contribution in [0, 0.1) is 5.92 Å². The number of thiol groups is 1. The first-order valence-electron chi connectivity index (χ1n) is 4.77. The molecule has 0 atom stereocenters. The molecule has 0 aliphatic rings. The maximum Gasteiger partial charge on any atom is 0.252 e. The van der Waals surface area contributed by atoms with Gasteiger partial charge in [-0.15, -0.1) is 12.6 Å². The number of halogens is 1. The maximum absolute atomic E-state index is 11.7. The molecule has 4 heteroatoms. The average Bonchev–Trinajstić information content (AvgIpc) is 2.14. The predicted octanol–water partition coefficient (Wildman–Crippen LogP) is 3.12. The van der Waals surface area contributed by atoms with Crippen molar-refractivity contribution in [1.82, 2.24) is 5.32 Å². The van der Waals surface area contributed by atoms with Gasteiger partial charge in [-0.1, -0.05) is 29.8 Å². The first-order chi connectivity index (χ1) is 7.00. The Morgan fingerprint density at radius 1 is 1.53 bits per heavy atom. The lowest BCUT2D eigenvalue weighted by atomic mass is 10.2. The Kier molecular flexibility index (Phi) is 4.67. The maximum atomic E-state index is 11.7. The largest absolute Gasteiger partial charge is 0.352 e. The molecule has 0 aliphatic carbocycles. The standard InChI is InChI=1S/C11H14BrNOS/c1-7(2)6-13-11(14)9-4-3-8(12)5-10(9)15/h3-5,7,15H,6H2,1-2H3,(H,13,14). The molecule has 1 rings (SSSR count). The van der Waals surface area contributed by atoms with Gasteiger partial charge < -0.3 is 5.32 Å². The normalized spacial score (nSPS) is 10.5. The fourth-order valence-corrected chi connectivity index (χ4v) is 1.94. The van der Waals surface area contributed by atoms with Crippen molar-refractivity contribution >= 4 is 34.5 Å². The fraction of sp³-hybridized carbons (Fsp3) is 0.364. The molecule has 0 saturated carbocycles. The summed E-state index contributed by atoms with van der Waals surface area (Å²) in [6.07, 6.45) is 0. The second kappa shape index (κ2) is 5.56. The summed E-state index contributed by atoms with van der Waals surface area (Å²) < 4.78 is 0.924. The van der Waals surface area contributed by atoms with Crippen LogP contribution < -0.4 is 5.32 Å². The van der Waals surface area contributed by atoms with Crippen LogP contribution in [-0.4, -0.2) is 12.5 Å². The number of hydrogen-bond acceptors (Lipinski definition) is 2. The molecule has 0 fully saturated rings. The molecule has 1 aromatic carbocycles. The molecule has 0 radical (unpaired) electrons. The van der Waals surface area contributed by atoms with Crippen molar-refractivity contribution in [3.8, 4) is 0 Å². The minimum atomic E-state index is -0.0683. The highest BCUT2D eigenvalue weighted by Gasteiger charge is 2.09. The van der Waals surface area contributed by atoms with Crippen LogP contribution in [-0.2, 0) is 0 Å². The Labute approximate surface area is 104 Å². The average molecular weight is 288 g/mol. The van der Waals surface area contributed by atoms with Crippen LogP contribution in [0.1, 0.15) is 24.2 Å². The van der Waals surface area contributed by atoms with Gasteiger partial charge in [-0.2, -0.15) is 0 Å². The van der Waals surface area contributed by atoms with E-state index in [0.717, 1.165) is 4.47 Å². The second-order valence-corrected chi connectivity index (χ2v) is 5.16. The van der Waals surface area contributed by atoms with E-state index < -0.39 is 0 Å². The highest BCUT2D eigenvalue weighted by molar-refractivity contribution is 9.10. The Morgan fingerprint density at radius 3 is 2.73 bits per heavy atom. The zero-order chi connectivity index (χ0) is 11.4. The molecule has 0 saturated heterocycles. The van der Waals surface area contributed by atoms with Gasteiger partial charge in [-0.25, -0.2) is 0 Å². The zero-order valence-electron chi connectivity index (χ0n) is 8.75. The van der Waals surface area contributed by atoms with E-state index in [1.807, 2.05) is 12.1 Å². The van der Waals surface area contributed by atoms with Gasteiger partial charge in [0.25, 0.3) is 5.91 Å². The van der Waals surface area contributed by atoms with Gasteiger partial charge in [-0.3, -0.25) is 4.79 Å². The molecule has 1 N–H and O–H groups in total. The molecular formula is C11H14BrNOS. The van der Waals surface area contributed by atoms with E-state index in [0.29, 0.717) is 22.9 Å². The summed E-state index contributed by atoms with van der Waals surface area (Å²) in [4.78, 5) is 12.4. The molecule has 0 bridgehead atoms. The van der Waals surface area contributed by atoms with Crippen LogP contribution in [0.2, 0.25) is 0 Å². The van der Waals surface area contributed by atoms with Gasteiger partial charge in [0.1, 0.15) is 0 Å². The lowest BCUT2D eigenvalue weighted by Gasteiger charge is -2.09. The van der Waals surface area contributed by atoms with Crippen molar-refractivity contribution in [3.63, 3.8) is 0 Å². The minimum absolute atomic E-state index is 0.0683. The molecular weight excluding hydrogens is 274 g/mol. The Hall–Kier alpha value is -0.480. The summed E-state index contributed by atoms with van der Waals surface area (Å²) in [5, 5.41) is 2.86. The molecule has 0 aromatic heterocycles. The molecule has 0 unspecified atom stereocenters. The Bertz CT molecular complexity index is 366. The monoisotopic (exact) mass is 287 g/mol. The summed E-state index contributed by atoms with van der Waals surface area (Å²) in [5.41, 5.74) is 0.613. The molecule has 0 aliphatic heterocycles. The smallest absolute Gasteiger partial charge is 0.252 e. The first kappa shape index (κ1) is 12.6. The van der Waals surface area contributed by atoms with Gasteiger partial charge in [0.05, 0.1) is 5.56 Å². The quantitative estimate of drug-likeness (QED) is 0.822. The molecule has 1 amide bonds. The van der Waals surface area contributed by atoms with E-state index in [9.17, 15) is 4.79 Å². The van der Waals surface area contributed by atoms with Crippen molar-refractivity contribution in [3.05, 3.63) is 28.2 Å².